The summed E-state index contributed by atoms with van der Waals surface area (Å²) in [5, 5.41) is 53.1. The normalized spacial score (nSPS) is 52.6. The zero-order valence-electron chi connectivity index (χ0n) is 15.9. The van der Waals surface area contributed by atoms with E-state index < -0.39 is 41.3 Å². The van der Waals surface area contributed by atoms with Gasteiger partial charge in [-0.3, -0.25) is 4.79 Å². The fourth-order valence-corrected chi connectivity index (χ4v) is 7.12. The number of aliphatic hydroxyl groups excluding tert-OH is 4. The molecule has 0 aromatic heterocycles. The van der Waals surface area contributed by atoms with E-state index >= 15 is 0 Å². The number of allylic oxidation sites excluding steroid dienone is 3. The average Bonchev–Trinajstić information content (AvgIpc) is 2.87. The monoisotopic (exact) mass is 378 g/mol. The molecule has 0 aromatic rings. The van der Waals surface area contributed by atoms with Crippen molar-refractivity contribution in [1.82, 2.24) is 0 Å². The van der Waals surface area contributed by atoms with Gasteiger partial charge in [0.05, 0.1) is 24.4 Å². The van der Waals surface area contributed by atoms with Gasteiger partial charge in [0.1, 0.15) is 6.10 Å². The molecule has 0 radical (unpaired) electrons. The number of fused-ring (bicyclic) bond motifs is 5. The van der Waals surface area contributed by atoms with Crippen LogP contribution in [0.15, 0.2) is 23.8 Å². The molecule has 0 aromatic carbocycles. The zero-order chi connectivity index (χ0) is 19.8. The van der Waals surface area contributed by atoms with Gasteiger partial charge in [-0.25, -0.2) is 0 Å². The van der Waals surface area contributed by atoms with E-state index in [1.807, 2.05) is 19.9 Å². The minimum absolute atomic E-state index is 0.0103. The zero-order valence-corrected chi connectivity index (χ0v) is 15.9. The second kappa shape index (κ2) is 5.97. The lowest BCUT2D eigenvalue weighted by Gasteiger charge is -2.61. The Morgan fingerprint density at radius 1 is 1.30 bits per heavy atom. The molecule has 0 aliphatic heterocycles. The van der Waals surface area contributed by atoms with Gasteiger partial charge >= 0.3 is 0 Å². The minimum Gasteiger partial charge on any atom is -0.394 e. The smallest absolute Gasteiger partial charge is 0.178 e. The van der Waals surface area contributed by atoms with Crippen LogP contribution in [0.25, 0.3) is 0 Å². The Bertz CT molecular complexity index is 715. The molecule has 3 saturated carbocycles. The van der Waals surface area contributed by atoms with E-state index in [2.05, 4.69) is 0 Å². The Hall–Kier alpha value is -1.05. The second-order valence-electron chi connectivity index (χ2n) is 9.52. The van der Waals surface area contributed by atoms with E-state index in [4.69, 9.17) is 0 Å². The lowest BCUT2D eigenvalue weighted by molar-refractivity contribution is -0.207. The van der Waals surface area contributed by atoms with Crippen LogP contribution in [-0.4, -0.2) is 61.8 Å². The predicted octanol–water partition coefficient (Wildman–Crippen LogP) is 0.320. The third-order valence-corrected chi connectivity index (χ3v) is 8.45. The van der Waals surface area contributed by atoms with Crippen molar-refractivity contribution in [1.29, 1.82) is 0 Å². The number of rotatable bonds is 2. The average molecular weight is 378 g/mol. The van der Waals surface area contributed by atoms with Crippen LogP contribution in [0.5, 0.6) is 0 Å². The van der Waals surface area contributed by atoms with Gasteiger partial charge < -0.3 is 25.5 Å². The van der Waals surface area contributed by atoms with Crippen LogP contribution in [0.1, 0.15) is 39.5 Å². The molecule has 0 amide bonds. The van der Waals surface area contributed by atoms with Gasteiger partial charge in [-0.1, -0.05) is 19.9 Å². The van der Waals surface area contributed by atoms with Crippen molar-refractivity contribution in [2.45, 2.75) is 63.4 Å². The summed E-state index contributed by atoms with van der Waals surface area (Å²) >= 11 is 0. The van der Waals surface area contributed by atoms with Crippen LogP contribution in [-0.2, 0) is 4.79 Å². The number of aliphatic hydroxyl groups is 5. The van der Waals surface area contributed by atoms with Crippen LogP contribution in [0.3, 0.4) is 0 Å². The number of hydrogen-bond donors (Lipinski definition) is 5. The van der Waals surface area contributed by atoms with Gasteiger partial charge in [0.15, 0.2) is 5.78 Å². The summed E-state index contributed by atoms with van der Waals surface area (Å²) in [5.74, 6) is -0.343. The summed E-state index contributed by atoms with van der Waals surface area (Å²) in [6.45, 7) is 3.34. The number of hydrogen-bond acceptors (Lipinski definition) is 6. The highest BCUT2D eigenvalue weighted by Crippen LogP contribution is 2.67. The highest BCUT2D eigenvalue weighted by molar-refractivity contribution is 6.01. The predicted molar refractivity (Wildman–Crippen MR) is 97.4 cm³/mol. The molecule has 0 bridgehead atoms. The molecule has 0 heterocycles. The molecule has 4 aliphatic carbocycles. The van der Waals surface area contributed by atoms with Crippen molar-refractivity contribution in [3.8, 4) is 0 Å². The molecule has 4 aliphatic rings. The molecule has 4 rings (SSSR count). The minimum atomic E-state index is -1.46. The Morgan fingerprint density at radius 3 is 2.67 bits per heavy atom. The third-order valence-electron chi connectivity index (χ3n) is 8.45. The highest BCUT2D eigenvalue weighted by Gasteiger charge is 2.68. The first-order valence-corrected chi connectivity index (χ1v) is 9.91. The molecule has 0 spiro atoms. The van der Waals surface area contributed by atoms with Crippen LogP contribution < -0.4 is 0 Å². The quantitative estimate of drug-likeness (QED) is 0.472. The molecule has 5 N–H and O–H groups in total. The summed E-state index contributed by atoms with van der Waals surface area (Å²) in [7, 11) is 0. The highest BCUT2D eigenvalue weighted by atomic mass is 16.4. The molecule has 6 heteroatoms. The number of carbonyl (C=O) groups excluding carboxylic acids is 1. The van der Waals surface area contributed by atoms with Gasteiger partial charge in [-0.2, -0.15) is 0 Å². The molecule has 150 valence electrons. The van der Waals surface area contributed by atoms with Gasteiger partial charge in [0.25, 0.3) is 0 Å². The first-order valence-electron chi connectivity index (χ1n) is 9.91. The lowest BCUT2D eigenvalue weighted by atomic mass is 9.45. The topological polar surface area (TPSA) is 118 Å². The van der Waals surface area contributed by atoms with Crippen molar-refractivity contribution in [2.24, 2.45) is 28.6 Å². The molecular weight excluding hydrogens is 348 g/mol. The summed E-state index contributed by atoms with van der Waals surface area (Å²) in [6.07, 6.45) is 3.83. The Labute approximate surface area is 159 Å². The molecule has 3 fully saturated rings. The van der Waals surface area contributed by atoms with Crippen LogP contribution in [0.2, 0.25) is 0 Å². The molecule has 27 heavy (non-hydrogen) atoms. The summed E-state index contributed by atoms with van der Waals surface area (Å²) < 4.78 is 0. The Kier molecular flexibility index (Phi) is 4.26. The van der Waals surface area contributed by atoms with E-state index in [1.54, 1.807) is 0 Å². The summed E-state index contributed by atoms with van der Waals surface area (Å²) in [4.78, 5) is 11.9. The summed E-state index contributed by atoms with van der Waals surface area (Å²) in [5.41, 5.74) is -2.14. The maximum Gasteiger partial charge on any atom is 0.178 e. The number of ketones is 1. The van der Waals surface area contributed by atoms with Crippen molar-refractivity contribution in [3.05, 3.63) is 23.8 Å². The standard InChI is InChI=1S/C21H30O6/c1-19-5-3-11(23)7-14(19)15(24)8-12-13-4-6-21(27,17(26)10-22)20(13,2)9-16(25)18(12)19/h3,5,7,12-13,15-18,22,24-27H,4,6,8-10H2,1-2H3/t12-,13-,15-,16-,17+,18+,19-,20-,21-/m0/s1. The fraction of sp³-hybridized carbons (Fsp3) is 0.762. The maximum absolute atomic E-state index is 11.9. The first-order chi connectivity index (χ1) is 12.6. The van der Waals surface area contributed by atoms with Crippen molar-refractivity contribution in [3.63, 3.8) is 0 Å². The fourth-order valence-electron chi connectivity index (χ4n) is 7.12. The summed E-state index contributed by atoms with van der Waals surface area (Å²) in [6, 6.07) is 0. The molecule has 0 saturated heterocycles. The van der Waals surface area contributed by atoms with Gasteiger partial charge in [-0.15, -0.1) is 0 Å². The third kappa shape index (κ3) is 2.34. The largest absolute Gasteiger partial charge is 0.394 e. The van der Waals surface area contributed by atoms with Crippen molar-refractivity contribution < 1.29 is 30.3 Å². The van der Waals surface area contributed by atoms with E-state index in [-0.39, 0.29) is 23.5 Å². The lowest BCUT2D eigenvalue weighted by Crippen LogP contribution is -2.63. The van der Waals surface area contributed by atoms with Crippen molar-refractivity contribution in [2.75, 3.05) is 6.61 Å². The van der Waals surface area contributed by atoms with E-state index in [0.29, 0.717) is 31.3 Å². The van der Waals surface area contributed by atoms with Gasteiger partial charge in [0.2, 0.25) is 0 Å². The molecule has 6 nitrogen and oxygen atoms in total. The van der Waals surface area contributed by atoms with Crippen LogP contribution in [0, 0.1) is 28.6 Å². The van der Waals surface area contributed by atoms with Crippen LogP contribution in [0.4, 0.5) is 0 Å². The van der Waals surface area contributed by atoms with Gasteiger partial charge in [-0.05, 0) is 55.2 Å². The molecule has 0 unspecified atom stereocenters. The van der Waals surface area contributed by atoms with E-state index in [9.17, 15) is 30.3 Å². The second-order valence-corrected chi connectivity index (χ2v) is 9.52. The molecular formula is C21H30O6. The van der Waals surface area contributed by atoms with E-state index in [1.165, 1.54) is 12.2 Å². The van der Waals surface area contributed by atoms with Crippen molar-refractivity contribution >= 4 is 5.78 Å². The van der Waals surface area contributed by atoms with Crippen LogP contribution >= 0.6 is 0 Å². The SMILES string of the molecule is C[C@]12C=CC(=O)C=C1[C@@H](O)C[C@@H]1[C@@H]2[C@@H](O)C[C@@]2(C)[C@H]1CC[C@]2(O)[C@H](O)CO. The Balaban J connectivity index is 1.77. The molecule has 9 atom stereocenters. The first kappa shape index (κ1) is 19.3. The van der Waals surface area contributed by atoms with E-state index in [0.717, 1.165) is 0 Å². The Morgan fingerprint density at radius 2 is 2.00 bits per heavy atom. The maximum atomic E-state index is 11.9. The number of carbonyl (C=O) groups is 1. The van der Waals surface area contributed by atoms with Gasteiger partial charge in [0, 0.05) is 16.7 Å².